The van der Waals surface area contributed by atoms with E-state index in [2.05, 4.69) is 0 Å². The number of benzene rings is 1. The Kier molecular flexibility index (Phi) is 9.30. The molecule has 10 heteroatoms. The highest BCUT2D eigenvalue weighted by Crippen LogP contribution is 2.46. The number of nitrogens with zero attached hydrogens (tertiary/aromatic N) is 2. The van der Waals surface area contributed by atoms with Gasteiger partial charge in [0.2, 0.25) is 5.91 Å². The zero-order valence-electron chi connectivity index (χ0n) is 17.9. The molecule has 0 aliphatic carbocycles. The molecule has 168 valence electrons. The fourth-order valence-electron chi connectivity index (χ4n) is 3.28. The summed E-state index contributed by atoms with van der Waals surface area (Å²) in [6.07, 6.45) is -0.0676. The molecule has 1 saturated heterocycles. The molecular weight excluding hydrogens is 409 g/mol. The van der Waals surface area contributed by atoms with Crippen molar-refractivity contribution in [3.8, 4) is 0 Å². The minimum absolute atomic E-state index is 0.179. The topological polar surface area (TPSA) is 111 Å². The van der Waals surface area contributed by atoms with Gasteiger partial charge in [-0.1, -0.05) is 12.1 Å². The van der Waals surface area contributed by atoms with Crippen molar-refractivity contribution in [2.45, 2.75) is 33.2 Å². The monoisotopic (exact) mass is 441 g/mol. The maximum atomic E-state index is 13.0. The van der Waals surface area contributed by atoms with Gasteiger partial charge < -0.3 is 29.3 Å². The molecule has 2 amide bonds. The molecule has 1 atom stereocenters. The lowest BCUT2D eigenvalue weighted by molar-refractivity contribution is -0.134. The van der Waals surface area contributed by atoms with Crippen molar-refractivity contribution in [3.63, 3.8) is 0 Å². The molecule has 0 aromatic heterocycles. The Hall–Kier alpha value is -1.93. The van der Waals surface area contributed by atoms with E-state index in [1.54, 1.807) is 48.8 Å². The Labute approximate surface area is 178 Å². The van der Waals surface area contributed by atoms with Gasteiger partial charge in [0.25, 0.3) is 0 Å². The van der Waals surface area contributed by atoms with Gasteiger partial charge in [-0.25, -0.2) is 4.79 Å². The Morgan fingerprint density at radius 1 is 1.03 bits per heavy atom. The number of amides is 2. The lowest BCUT2D eigenvalue weighted by Crippen LogP contribution is -2.54. The molecule has 1 aliphatic heterocycles. The van der Waals surface area contributed by atoms with Gasteiger partial charge in [-0.3, -0.25) is 9.36 Å². The van der Waals surface area contributed by atoms with Crippen LogP contribution in [-0.2, 0) is 29.6 Å². The molecule has 2 rings (SSSR count). The fraction of sp³-hybridized carbons (Fsp3) is 0.600. The van der Waals surface area contributed by atoms with E-state index >= 15 is 0 Å². The summed E-state index contributed by atoms with van der Waals surface area (Å²) in [5.74, 6) is -0.179. The summed E-state index contributed by atoms with van der Waals surface area (Å²) in [6, 6.07) is 6.26. The zero-order valence-corrected chi connectivity index (χ0v) is 18.8. The molecule has 0 radical (unpaired) electrons. The number of hydrogen-bond acceptors (Lipinski definition) is 7. The average molecular weight is 441 g/mol. The predicted molar refractivity (Wildman–Crippen MR) is 114 cm³/mol. The fourth-order valence-corrected chi connectivity index (χ4v) is 4.93. The molecule has 30 heavy (non-hydrogen) atoms. The van der Waals surface area contributed by atoms with Crippen LogP contribution in [0, 0.1) is 0 Å². The van der Waals surface area contributed by atoms with Gasteiger partial charge in [0.05, 0.1) is 31.2 Å². The Bertz CT molecular complexity index is 757. The van der Waals surface area contributed by atoms with Crippen molar-refractivity contribution in [1.29, 1.82) is 0 Å². The lowest BCUT2D eigenvalue weighted by Gasteiger charge is -2.35. The third-order valence-electron chi connectivity index (χ3n) is 4.72. The van der Waals surface area contributed by atoms with E-state index in [1.165, 1.54) is 0 Å². The van der Waals surface area contributed by atoms with Gasteiger partial charge >= 0.3 is 13.7 Å². The molecule has 0 bridgehead atoms. The first-order valence-corrected chi connectivity index (χ1v) is 11.8. The third-order valence-corrected chi connectivity index (χ3v) is 6.82. The highest BCUT2D eigenvalue weighted by atomic mass is 31.2. The van der Waals surface area contributed by atoms with Crippen LogP contribution in [0.2, 0.25) is 0 Å². The Morgan fingerprint density at radius 2 is 1.63 bits per heavy atom. The number of hydrogen-bond donors (Lipinski definition) is 1. The van der Waals surface area contributed by atoms with Gasteiger partial charge in [0, 0.05) is 26.2 Å². The molecule has 1 heterocycles. The SMILES string of the molecule is CCOC(=O)N1CCN(C(=O)[C@@H](N)Cc2cccc(P(=O)(OCC)OCC)c2)CC1. The van der Waals surface area contributed by atoms with Crippen molar-refractivity contribution < 1.29 is 27.9 Å². The number of carbonyl (C=O) groups is 2. The number of ether oxygens (including phenoxy) is 1. The van der Waals surface area contributed by atoms with Crippen LogP contribution in [0.1, 0.15) is 26.3 Å². The van der Waals surface area contributed by atoms with E-state index in [1.807, 2.05) is 6.07 Å². The van der Waals surface area contributed by atoms with Gasteiger partial charge in [-0.05, 0) is 44.9 Å². The standard InChI is InChI=1S/C20H32N3O6P/c1-4-27-20(25)23-12-10-22(11-13-23)19(24)18(21)15-16-8-7-9-17(14-16)30(26,28-5-2)29-6-3/h7-9,14,18H,4-6,10-13,15,21H2,1-3H3/t18-/m0/s1. The first-order chi connectivity index (χ1) is 14.3. The van der Waals surface area contributed by atoms with E-state index in [0.717, 1.165) is 5.56 Å². The van der Waals surface area contributed by atoms with E-state index in [4.69, 9.17) is 19.5 Å². The molecule has 1 aromatic rings. The summed E-state index contributed by atoms with van der Waals surface area (Å²) in [7, 11) is -3.40. The number of nitrogens with two attached hydrogens (primary N) is 1. The van der Waals surface area contributed by atoms with Crippen LogP contribution in [-0.4, -0.2) is 73.8 Å². The van der Waals surface area contributed by atoms with Crippen LogP contribution in [0.15, 0.2) is 24.3 Å². The smallest absolute Gasteiger partial charge is 0.409 e. The summed E-state index contributed by atoms with van der Waals surface area (Å²) in [6.45, 7) is 7.77. The van der Waals surface area contributed by atoms with Gasteiger partial charge in [0.15, 0.2) is 0 Å². The van der Waals surface area contributed by atoms with Crippen molar-refractivity contribution in [1.82, 2.24) is 9.80 Å². The zero-order chi connectivity index (χ0) is 22.1. The third kappa shape index (κ3) is 6.28. The van der Waals surface area contributed by atoms with Crippen molar-refractivity contribution in [2.75, 3.05) is 46.0 Å². The van der Waals surface area contributed by atoms with E-state index < -0.39 is 13.6 Å². The highest BCUT2D eigenvalue weighted by Gasteiger charge is 2.29. The molecule has 0 spiro atoms. The quantitative estimate of drug-likeness (QED) is 0.581. The molecule has 2 N–H and O–H groups in total. The summed E-state index contributed by atoms with van der Waals surface area (Å²) in [5.41, 5.74) is 6.95. The minimum Gasteiger partial charge on any atom is -0.450 e. The van der Waals surface area contributed by atoms with Crippen LogP contribution < -0.4 is 11.0 Å². The number of carbonyl (C=O) groups excluding carboxylic acids is 2. The van der Waals surface area contributed by atoms with E-state index in [0.29, 0.717) is 44.5 Å². The molecule has 9 nitrogen and oxygen atoms in total. The Balaban J connectivity index is 1.99. The van der Waals surface area contributed by atoms with Crippen molar-refractivity contribution in [2.24, 2.45) is 5.73 Å². The molecule has 0 saturated carbocycles. The van der Waals surface area contributed by atoms with E-state index in [-0.39, 0.29) is 25.2 Å². The average Bonchev–Trinajstić information content (AvgIpc) is 2.74. The second kappa shape index (κ2) is 11.5. The second-order valence-electron chi connectivity index (χ2n) is 6.82. The van der Waals surface area contributed by atoms with E-state index in [9.17, 15) is 14.2 Å². The Morgan fingerprint density at radius 3 is 2.20 bits per heavy atom. The second-order valence-corrected chi connectivity index (χ2v) is 8.85. The predicted octanol–water partition coefficient (Wildman–Crippen LogP) is 1.75. The van der Waals surface area contributed by atoms with Crippen LogP contribution in [0.5, 0.6) is 0 Å². The maximum absolute atomic E-state index is 13.0. The van der Waals surface area contributed by atoms with Gasteiger partial charge in [-0.2, -0.15) is 0 Å². The normalized spacial score (nSPS) is 15.7. The van der Waals surface area contributed by atoms with Crippen LogP contribution in [0.25, 0.3) is 0 Å². The van der Waals surface area contributed by atoms with Crippen molar-refractivity contribution >= 4 is 24.9 Å². The molecule has 1 aromatic carbocycles. The molecule has 1 aliphatic rings. The van der Waals surface area contributed by atoms with Gasteiger partial charge in [-0.15, -0.1) is 0 Å². The molecule has 0 unspecified atom stereocenters. The number of rotatable bonds is 9. The summed E-state index contributed by atoms with van der Waals surface area (Å²) in [5, 5.41) is 0.450. The maximum Gasteiger partial charge on any atom is 0.409 e. The largest absolute Gasteiger partial charge is 0.450 e. The summed E-state index contributed by atoms with van der Waals surface area (Å²) < 4.78 is 28.7. The van der Waals surface area contributed by atoms with Gasteiger partial charge in [0.1, 0.15) is 0 Å². The first-order valence-electron chi connectivity index (χ1n) is 10.3. The number of piperazine rings is 1. The van der Waals surface area contributed by atoms with Crippen molar-refractivity contribution in [3.05, 3.63) is 29.8 Å². The molecule has 1 fully saturated rings. The highest BCUT2D eigenvalue weighted by molar-refractivity contribution is 7.62. The first kappa shape index (κ1) is 24.3. The summed E-state index contributed by atoms with van der Waals surface area (Å²) in [4.78, 5) is 27.8. The summed E-state index contributed by atoms with van der Waals surface area (Å²) >= 11 is 0. The van der Waals surface area contributed by atoms with Crippen LogP contribution in [0.3, 0.4) is 0 Å². The minimum atomic E-state index is -3.40. The van der Waals surface area contributed by atoms with Crippen LogP contribution >= 0.6 is 7.60 Å². The van der Waals surface area contributed by atoms with Crippen LogP contribution in [0.4, 0.5) is 4.79 Å². The molecular formula is C20H32N3O6P. The lowest BCUT2D eigenvalue weighted by atomic mass is 10.1.